The van der Waals surface area contributed by atoms with Crippen molar-refractivity contribution >= 4 is 23.0 Å². The van der Waals surface area contributed by atoms with Crippen LogP contribution in [-0.4, -0.2) is 51.8 Å². The maximum Gasteiger partial charge on any atom is 0.416 e. The van der Waals surface area contributed by atoms with Crippen LogP contribution >= 0.6 is 0 Å². The molecule has 0 bridgehead atoms. The maximum atomic E-state index is 13.2. The SMILES string of the molecule is CN(C)C1C=CN(NC(=O)c2cc3cc(C(F)(F)F)ccc3n2Cc2ccncc2)N=C1. The van der Waals surface area contributed by atoms with Crippen LogP contribution in [0.3, 0.4) is 0 Å². The van der Waals surface area contributed by atoms with Gasteiger partial charge in [-0.05, 0) is 62.1 Å². The standard InChI is InChI=1S/C22H21F3N6O/c1-29(2)18-7-10-31(27-13-18)28-21(32)20-12-16-11-17(22(23,24)25)3-4-19(16)30(20)14-15-5-8-26-9-6-15/h3-13,18H,14H2,1-2H3,(H,28,32). The summed E-state index contributed by atoms with van der Waals surface area (Å²) >= 11 is 0. The molecule has 1 aromatic carbocycles. The molecule has 32 heavy (non-hydrogen) atoms. The number of hydrogen-bond acceptors (Lipinski definition) is 5. The number of nitrogens with one attached hydrogen (secondary N) is 1. The third-order valence-electron chi connectivity index (χ3n) is 5.13. The number of fused-ring (bicyclic) bond motifs is 1. The molecule has 1 N–H and O–H groups in total. The Morgan fingerprint density at radius 1 is 1.16 bits per heavy atom. The molecule has 1 amide bonds. The quantitative estimate of drug-likeness (QED) is 0.657. The van der Waals surface area contributed by atoms with Gasteiger partial charge in [-0.25, -0.2) is 5.43 Å². The molecule has 1 atom stereocenters. The second-order valence-electron chi connectivity index (χ2n) is 7.59. The molecule has 166 valence electrons. The number of alkyl halides is 3. The van der Waals surface area contributed by atoms with E-state index < -0.39 is 17.6 Å². The van der Waals surface area contributed by atoms with E-state index in [1.807, 2.05) is 25.1 Å². The van der Waals surface area contributed by atoms with Crippen molar-refractivity contribution in [2.24, 2.45) is 5.10 Å². The molecule has 2 aromatic heterocycles. The normalized spacial score (nSPS) is 16.2. The lowest BCUT2D eigenvalue weighted by molar-refractivity contribution is -0.137. The molecule has 0 saturated heterocycles. The molecule has 0 fully saturated rings. The average Bonchev–Trinajstić information content (AvgIpc) is 3.12. The summed E-state index contributed by atoms with van der Waals surface area (Å²) in [6, 6.07) is 8.50. The van der Waals surface area contributed by atoms with Gasteiger partial charge in [0.05, 0.1) is 11.6 Å². The van der Waals surface area contributed by atoms with Crippen LogP contribution in [0.4, 0.5) is 13.2 Å². The van der Waals surface area contributed by atoms with Gasteiger partial charge in [-0.15, -0.1) is 0 Å². The van der Waals surface area contributed by atoms with Crippen molar-refractivity contribution in [3.63, 3.8) is 0 Å². The van der Waals surface area contributed by atoms with E-state index in [1.165, 1.54) is 17.3 Å². The van der Waals surface area contributed by atoms with Crippen molar-refractivity contribution in [1.82, 2.24) is 25.0 Å². The minimum absolute atomic E-state index is 0.00193. The molecule has 3 heterocycles. The van der Waals surface area contributed by atoms with Gasteiger partial charge in [0.2, 0.25) is 0 Å². The topological polar surface area (TPSA) is 65.8 Å². The van der Waals surface area contributed by atoms with Gasteiger partial charge in [-0.3, -0.25) is 14.7 Å². The molecule has 7 nitrogen and oxygen atoms in total. The fourth-order valence-electron chi connectivity index (χ4n) is 3.41. The Labute approximate surface area is 182 Å². The van der Waals surface area contributed by atoms with Crippen molar-refractivity contribution in [2.45, 2.75) is 18.8 Å². The number of benzene rings is 1. The first kappa shape index (κ1) is 21.6. The molecule has 10 heteroatoms. The van der Waals surface area contributed by atoms with E-state index in [9.17, 15) is 18.0 Å². The highest BCUT2D eigenvalue weighted by Gasteiger charge is 2.31. The maximum absolute atomic E-state index is 13.2. The summed E-state index contributed by atoms with van der Waals surface area (Å²) in [5.41, 5.74) is 3.49. The van der Waals surface area contributed by atoms with Crippen LogP contribution in [0.5, 0.6) is 0 Å². The third kappa shape index (κ3) is 4.50. The number of pyridine rings is 1. The van der Waals surface area contributed by atoms with Crippen molar-refractivity contribution in [1.29, 1.82) is 0 Å². The molecule has 0 aliphatic carbocycles. The van der Waals surface area contributed by atoms with E-state index in [4.69, 9.17) is 0 Å². The first-order valence-electron chi connectivity index (χ1n) is 9.81. The lowest BCUT2D eigenvalue weighted by Crippen LogP contribution is -2.40. The highest BCUT2D eigenvalue weighted by Crippen LogP contribution is 2.32. The van der Waals surface area contributed by atoms with Crippen molar-refractivity contribution in [3.05, 3.63) is 77.9 Å². The zero-order chi connectivity index (χ0) is 22.9. The fourth-order valence-corrected chi connectivity index (χ4v) is 3.41. The van der Waals surface area contributed by atoms with Gasteiger partial charge in [0.15, 0.2) is 0 Å². The van der Waals surface area contributed by atoms with E-state index in [1.54, 1.807) is 41.5 Å². The second-order valence-corrected chi connectivity index (χ2v) is 7.59. The number of aromatic nitrogens is 2. The van der Waals surface area contributed by atoms with Crippen molar-refractivity contribution in [3.8, 4) is 0 Å². The van der Waals surface area contributed by atoms with Crippen LogP contribution in [0.15, 0.2) is 66.2 Å². The summed E-state index contributed by atoms with van der Waals surface area (Å²) in [7, 11) is 3.81. The molecule has 0 saturated carbocycles. The molecule has 1 aliphatic heterocycles. The number of amides is 1. The highest BCUT2D eigenvalue weighted by molar-refractivity contribution is 5.99. The Hall–Kier alpha value is -3.66. The van der Waals surface area contributed by atoms with Gasteiger partial charge >= 0.3 is 6.18 Å². The van der Waals surface area contributed by atoms with Crippen LogP contribution in [-0.2, 0) is 12.7 Å². The lowest BCUT2D eigenvalue weighted by Gasteiger charge is -2.24. The lowest BCUT2D eigenvalue weighted by atomic mass is 10.1. The van der Waals surface area contributed by atoms with Crippen LogP contribution < -0.4 is 5.43 Å². The molecule has 0 radical (unpaired) electrons. The minimum atomic E-state index is -4.47. The summed E-state index contributed by atoms with van der Waals surface area (Å²) in [6.45, 7) is 0.294. The van der Waals surface area contributed by atoms with Crippen LogP contribution in [0.2, 0.25) is 0 Å². The first-order valence-corrected chi connectivity index (χ1v) is 9.81. The molecule has 1 aliphatic rings. The highest BCUT2D eigenvalue weighted by atomic mass is 19.4. The molecule has 0 spiro atoms. The van der Waals surface area contributed by atoms with Crippen LogP contribution in [0.1, 0.15) is 21.6 Å². The molecular weight excluding hydrogens is 421 g/mol. The van der Waals surface area contributed by atoms with Gasteiger partial charge in [0.25, 0.3) is 5.91 Å². The third-order valence-corrected chi connectivity index (χ3v) is 5.13. The Balaban J connectivity index is 1.68. The molecule has 4 rings (SSSR count). The van der Waals surface area contributed by atoms with Crippen LogP contribution in [0.25, 0.3) is 10.9 Å². The number of halogens is 3. The van der Waals surface area contributed by atoms with Gasteiger partial charge in [0.1, 0.15) is 5.69 Å². The smallest absolute Gasteiger partial charge is 0.332 e. The van der Waals surface area contributed by atoms with E-state index >= 15 is 0 Å². The molecular formula is C22H21F3N6O. The second kappa shape index (κ2) is 8.46. The van der Waals surface area contributed by atoms with E-state index in [0.29, 0.717) is 17.4 Å². The number of hydrazone groups is 1. The van der Waals surface area contributed by atoms with E-state index in [2.05, 4.69) is 15.5 Å². The predicted molar refractivity (Wildman–Crippen MR) is 115 cm³/mol. The summed E-state index contributed by atoms with van der Waals surface area (Å²) in [6.07, 6.45) is 3.92. The van der Waals surface area contributed by atoms with Gasteiger partial charge in [-0.1, -0.05) is 0 Å². The first-order chi connectivity index (χ1) is 15.2. The zero-order valence-corrected chi connectivity index (χ0v) is 17.4. The monoisotopic (exact) mass is 442 g/mol. The Kier molecular flexibility index (Phi) is 5.70. The van der Waals surface area contributed by atoms with Crippen LogP contribution in [0, 0.1) is 0 Å². The largest absolute Gasteiger partial charge is 0.416 e. The van der Waals surface area contributed by atoms with E-state index in [0.717, 1.165) is 17.7 Å². The average molecular weight is 442 g/mol. The number of rotatable bonds is 5. The Bertz CT molecular complexity index is 1170. The number of hydrazine groups is 1. The molecule has 1 unspecified atom stereocenters. The number of likely N-dealkylation sites (N-methyl/N-ethyl adjacent to an activating group) is 1. The summed E-state index contributed by atoms with van der Waals surface area (Å²) in [4.78, 5) is 19.0. The summed E-state index contributed by atoms with van der Waals surface area (Å²) in [5, 5.41) is 5.79. The summed E-state index contributed by atoms with van der Waals surface area (Å²) < 4.78 is 41.3. The van der Waals surface area contributed by atoms with Crippen molar-refractivity contribution < 1.29 is 18.0 Å². The predicted octanol–water partition coefficient (Wildman–Crippen LogP) is 3.49. The Morgan fingerprint density at radius 3 is 2.53 bits per heavy atom. The van der Waals surface area contributed by atoms with Crippen molar-refractivity contribution in [2.75, 3.05) is 14.1 Å². The van der Waals surface area contributed by atoms with Gasteiger partial charge < -0.3 is 4.57 Å². The fraction of sp³-hybridized carbons (Fsp3) is 0.227. The van der Waals surface area contributed by atoms with E-state index in [-0.39, 0.29) is 11.7 Å². The van der Waals surface area contributed by atoms with Gasteiger partial charge in [-0.2, -0.15) is 23.4 Å². The number of nitrogens with zero attached hydrogens (tertiary/aromatic N) is 5. The minimum Gasteiger partial charge on any atom is -0.332 e. The zero-order valence-electron chi connectivity index (χ0n) is 17.4. The molecule has 3 aromatic rings. The number of carbonyl (C=O) groups is 1. The number of hydrogen-bond donors (Lipinski definition) is 1. The Morgan fingerprint density at radius 2 is 1.91 bits per heavy atom. The van der Waals surface area contributed by atoms with Gasteiger partial charge in [0, 0.05) is 42.3 Å². The summed E-state index contributed by atoms with van der Waals surface area (Å²) in [5.74, 6) is -0.492. The number of carbonyl (C=O) groups excluding carboxylic acids is 1.